The molecule has 0 aliphatic heterocycles. The Hall–Kier alpha value is -1.47. The Balaban J connectivity index is 2.28. The highest BCUT2D eigenvalue weighted by atomic mass is 32.2. The summed E-state index contributed by atoms with van der Waals surface area (Å²) in [5.41, 5.74) is 0.947. The van der Waals surface area contributed by atoms with Crippen molar-refractivity contribution in [1.82, 2.24) is 0 Å². The Bertz CT molecular complexity index is 332. The minimum Gasteiger partial charge on any atom is -0.460 e. The van der Waals surface area contributed by atoms with Crippen molar-refractivity contribution in [3.05, 3.63) is 35.9 Å². The fourth-order valence-corrected chi connectivity index (χ4v) is 1.14. The van der Waals surface area contributed by atoms with Gasteiger partial charge in [0.2, 0.25) is 0 Å². The van der Waals surface area contributed by atoms with E-state index in [2.05, 4.69) is 0 Å². The highest BCUT2D eigenvalue weighted by molar-refractivity contribution is 8.04. The highest BCUT2D eigenvalue weighted by Crippen LogP contribution is 2.03. The number of carbonyl (C=O) groups is 1. The number of nitriles is 1. The second-order valence-corrected chi connectivity index (χ2v) is 3.29. The molecule has 3 nitrogen and oxygen atoms in total. The first-order chi connectivity index (χ1) is 6.83. The van der Waals surface area contributed by atoms with E-state index in [1.165, 1.54) is 0 Å². The van der Waals surface area contributed by atoms with Gasteiger partial charge in [-0.15, -0.1) is 0 Å². The highest BCUT2D eigenvalue weighted by Gasteiger charge is 2.02. The third-order valence-corrected chi connectivity index (χ3v) is 2.01. The van der Waals surface area contributed by atoms with E-state index in [1.807, 2.05) is 35.7 Å². The summed E-state index contributed by atoms with van der Waals surface area (Å²) in [7, 11) is 0. The molecule has 0 unspecified atom stereocenters. The Morgan fingerprint density at radius 3 is 2.79 bits per heavy atom. The number of ether oxygens (including phenoxy) is 1. The molecule has 0 aromatic heterocycles. The summed E-state index contributed by atoms with van der Waals surface area (Å²) in [5.74, 6) is -0.274. The minimum atomic E-state index is -0.361. The molecule has 0 radical (unpaired) electrons. The van der Waals surface area contributed by atoms with Crippen molar-refractivity contribution >= 4 is 17.7 Å². The second-order valence-electron chi connectivity index (χ2n) is 2.53. The summed E-state index contributed by atoms with van der Waals surface area (Å²) >= 11 is 0.882. The molecule has 0 bridgehead atoms. The number of thioether (sulfide) groups is 1. The van der Waals surface area contributed by atoms with Crippen molar-refractivity contribution in [3.8, 4) is 5.40 Å². The molecular formula is C10H9NO2S. The van der Waals surface area contributed by atoms with Crippen LogP contribution >= 0.6 is 11.8 Å². The van der Waals surface area contributed by atoms with Crippen molar-refractivity contribution in [2.24, 2.45) is 0 Å². The van der Waals surface area contributed by atoms with Crippen molar-refractivity contribution in [3.63, 3.8) is 0 Å². The van der Waals surface area contributed by atoms with Crippen molar-refractivity contribution in [1.29, 1.82) is 5.26 Å². The van der Waals surface area contributed by atoms with Crippen LogP contribution in [0.1, 0.15) is 5.56 Å². The Kier molecular flexibility index (Phi) is 4.59. The van der Waals surface area contributed by atoms with Crippen LogP contribution in [0.4, 0.5) is 0 Å². The lowest BCUT2D eigenvalue weighted by molar-refractivity contribution is -0.141. The first-order valence-corrected chi connectivity index (χ1v) is 5.02. The molecule has 0 amide bonds. The molecule has 0 heterocycles. The standard InChI is InChI=1S/C10H9NO2S/c11-8-14-7-10(12)13-6-9-4-2-1-3-5-9/h1-5H,6-7H2. The van der Waals surface area contributed by atoms with E-state index in [0.29, 0.717) is 0 Å². The van der Waals surface area contributed by atoms with E-state index in [-0.39, 0.29) is 18.3 Å². The van der Waals surface area contributed by atoms with Crippen molar-refractivity contribution < 1.29 is 9.53 Å². The topological polar surface area (TPSA) is 50.1 Å². The Labute approximate surface area is 86.7 Å². The van der Waals surface area contributed by atoms with E-state index < -0.39 is 0 Å². The maximum absolute atomic E-state index is 11.0. The van der Waals surface area contributed by atoms with Gasteiger partial charge in [0.1, 0.15) is 17.8 Å². The zero-order valence-electron chi connectivity index (χ0n) is 7.47. The largest absolute Gasteiger partial charge is 0.460 e. The Morgan fingerprint density at radius 1 is 1.43 bits per heavy atom. The van der Waals surface area contributed by atoms with Gasteiger partial charge in [-0.1, -0.05) is 30.3 Å². The average molecular weight is 207 g/mol. The van der Waals surface area contributed by atoms with Gasteiger partial charge < -0.3 is 4.74 Å². The number of rotatable bonds is 4. The molecule has 0 saturated heterocycles. The van der Waals surface area contributed by atoms with Gasteiger partial charge in [-0.3, -0.25) is 4.79 Å². The summed E-state index contributed by atoms with van der Waals surface area (Å²) in [6.07, 6.45) is 0. The fourth-order valence-electron chi connectivity index (χ4n) is 0.871. The van der Waals surface area contributed by atoms with Gasteiger partial charge >= 0.3 is 5.97 Å². The van der Waals surface area contributed by atoms with E-state index in [4.69, 9.17) is 10.00 Å². The van der Waals surface area contributed by atoms with Crippen LogP contribution in [0, 0.1) is 10.7 Å². The van der Waals surface area contributed by atoms with Crippen LogP contribution in [0.3, 0.4) is 0 Å². The molecule has 0 saturated carbocycles. The van der Waals surface area contributed by atoms with Gasteiger partial charge in [-0.25, -0.2) is 0 Å². The van der Waals surface area contributed by atoms with E-state index in [0.717, 1.165) is 17.3 Å². The van der Waals surface area contributed by atoms with Gasteiger partial charge in [0.15, 0.2) is 0 Å². The normalized spacial score (nSPS) is 9.07. The van der Waals surface area contributed by atoms with Crippen molar-refractivity contribution in [2.45, 2.75) is 6.61 Å². The van der Waals surface area contributed by atoms with Gasteiger partial charge in [0.25, 0.3) is 0 Å². The quantitative estimate of drug-likeness (QED) is 0.559. The summed E-state index contributed by atoms with van der Waals surface area (Å²) in [5, 5.41) is 10.0. The minimum absolute atomic E-state index is 0.0866. The summed E-state index contributed by atoms with van der Waals surface area (Å²) in [6.45, 7) is 0.270. The maximum Gasteiger partial charge on any atom is 0.317 e. The van der Waals surface area contributed by atoms with Crippen LogP contribution in [0.2, 0.25) is 0 Å². The number of esters is 1. The smallest absolute Gasteiger partial charge is 0.317 e. The summed E-state index contributed by atoms with van der Waals surface area (Å²) in [4.78, 5) is 11.0. The monoisotopic (exact) mass is 207 g/mol. The van der Waals surface area contributed by atoms with Crippen LogP contribution in [0.15, 0.2) is 30.3 Å². The number of benzene rings is 1. The molecule has 72 valence electrons. The van der Waals surface area contributed by atoms with E-state index in [9.17, 15) is 4.79 Å². The molecule has 0 aliphatic rings. The van der Waals surface area contributed by atoms with Gasteiger partial charge in [0, 0.05) is 0 Å². The fraction of sp³-hybridized carbons (Fsp3) is 0.200. The molecule has 0 atom stereocenters. The first-order valence-electron chi connectivity index (χ1n) is 4.03. The molecule has 0 aliphatic carbocycles. The third kappa shape index (κ3) is 3.97. The number of hydrogen-bond donors (Lipinski definition) is 0. The lowest BCUT2D eigenvalue weighted by Crippen LogP contribution is -2.06. The number of hydrogen-bond acceptors (Lipinski definition) is 4. The van der Waals surface area contributed by atoms with Crippen LogP contribution in [0.5, 0.6) is 0 Å². The van der Waals surface area contributed by atoms with Crippen molar-refractivity contribution in [2.75, 3.05) is 5.75 Å². The maximum atomic E-state index is 11.0. The zero-order valence-corrected chi connectivity index (χ0v) is 8.29. The molecule has 14 heavy (non-hydrogen) atoms. The molecule has 1 rings (SSSR count). The second kappa shape index (κ2) is 6.06. The molecule has 0 N–H and O–H groups in total. The van der Waals surface area contributed by atoms with Crippen LogP contribution in [-0.4, -0.2) is 11.7 Å². The van der Waals surface area contributed by atoms with E-state index in [1.54, 1.807) is 0 Å². The zero-order chi connectivity index (χ0) is 10.2. The molecule has 0 spiro atoms. The predicted octanol–water partition coefficient (Wildman–Crippen LogP) is 1.94. The van der Waals surface area contributed by atoms with Gasteiger partial charge in [0.05, 0.1) is 0 Å². The molecule has 0 fully saturated rings. The number of carbonyl (C=O) groups excluding carboxylic acids is 1. The SMILES string of the molecule is N#CSCC(=O)OCc1ccccc1. The lowest BCUT2D eigenvalue weighted by Gasteiger charge is -2.02. The first kappa shape index (κ1) is 10.6. The third-order valence-electron chi connectivity index (χ3n) is 1.50. The number of thiocyanates is 1. The molecular weight excluding hydrogens is 198 g/mol. The lowest BCUT2D eigenvalue weighted by atomic mass is 10.2. The van der Waals surface area contributed by atoms with Crippen LogP contribution < -0.4 is 0 Å². The van der Waals surface area contributed by atoms with Gasteiger partial charge in [-0.05, 0) is 17.3 Å². The molecule has 4 heteroatoms. The van der Waals surface area contributed by atoms with Crippen LogP contribution in [0.25, 0.3) is 0 Å². The average Bonchev–Trinajstić information content (AvgIpc) is 2.25. The van der Waals surface area contributed by atoms with E-state index >= 15 is 0 Å². The van der Waals surface area contributed by atoms with Gasteiger partial charge in [-0.2, -0.15) is 5.26 Å². The molecule has 1 aromatic carbocycles. The summed E-state index contributed by atoms with van der Waals surface area (Å²) in [6, 6.07) is 9.42. The predicted molar refractivity (Wildman–Crippen MR) is 54.3 cm³/mol. The Morgan fingerprint density at radius 2 is 2.14 bits per heavy atom. The molecule has 1 aromatic rings. The van der Waals surface area contributed by atoms with Crippen LogP contribution in [-0.2, 0) is 16.1 Å². The summed E-state index contributed by atoms with van der Waals surface area (Å²) < 4.78 is 4.92. The number of nitrogens with zero attached hydrogens (tertiary/aromatic N) is 1.